The molecule has 0 aromatic carbocycles. The minimum absolute atomic E-state index is 0.579. The number of allylic oxidation sites excluding steroid dienone is 1. The Morgan fingerprint density at radius 1 is 1.21 bits per heavy atom. The molecule has 29 heavy (non-hydrogen) atoms. The molecule has 160 valence electrons. The molecule has 3 rings (SSSR count). The average Bonchev–Trinajstić information content (AvgIpc) is 3.34. The molecule has 2 N–H and O–H groups in total. The zero-order valence-electron chi connectivity index (χ0n) is 18.8. The maximum Gasteiger partial charge on any atom is 0.144 e. The Labute approximate surface area is 176 Å². The lowest BCUT2D eigenvalue weighted by Gasteiger charge is -2.15. The Bertz CT molecular complexity index is 807. The maximum atomic E-state index is 4.63. The van der Waals surface area contributed by atoms with Gasteiger partial charge in [0.15, 0.2) is 0 Å². The Kier molecular flexibility index (Phi) is 8.25. The van der Waals surface area contributed by atoms with Crippen molar-refractivity contribution in [3.05, 3.63) is 35.4 Å². The largest absolute Gasteiger partial charge is 0.329 e. The van der Waals surface area contributed by atoms with E-state index < -0.39 is 0 Å². The van der Waals surface area contributed by atoms with Crippen LogP contribution in [0.3, 0.4) is 0 Å². The molecule has 0 spiro atoms. The highest BCUT2D eigenvalue weighted by atomic mass is 15.1. The third kappa shape index (κ3) is 5.67. The summed E-state index contributed by atoms with van der Waals surface area (Å²) in [5, 5.41) is 8.50. The Morgan fingerprint density at radius 2 is 2.03 bits per heavy atom. The van der Waals surface area contributed by atoms with Crippen LogP contribution in [0.4, 0.5) is 0 Å². The number of aryl methyl sites for hydroxylation is 2. The second-order valence-corrected chi connectivity index (χ2v) is 8.60. The molecule has 5 heteroatoms. The first-order chi connectivity index (χ1) is 14.1. The topological polar surface area (TPSA) is 54.8 Å². The van der Waals surface area contributed by atoms with Crippen LogP contribution in [-0.2, 0) is 6.42 Å². The molecular weight excluding hydrogens is 358 g/mol. The van der Waals surface area contributed by atoms with E-state index in [1.807, 2.05) is 0 Å². The van der Waals surface area contributed by atoms with Crippen molar-refractivity contribution in [2.24, 2.45) is 5.92 Å². The van der Waals surface area contributed by atoms with Gasteiger partial charge >= 0.3 is 0 Å². The van der Waals surface area contributed by atoms with Crippen LogP contribution in [0, 0.1) is 12.8 Å². The van der Waals surface area contributed by atoms with Crippen molar-refractivity contribution in [3.63, 3.8) is 0 Å². The van der Waals surface area contributed by atoms with Crippen LogP contribution in [0.1, 0.15) is 70.2 Å². The lowest BCUT2D eigenvalue weighted by atomic mass is 10.1. The highest BCUT2D eigenvalue weighted by Crippen LogP contribution is 2.37. The summed E-state index contributed by atoms with van der Waals surface area (Å²) in [6.07, 6.45) is 13.5. The molecule has 2 aromatic rings. The van der Waals surface area contributed by atoms with Gasteiger partial charge in [-0.1, -0.05) is 18.6 Å². The molecule has 1 aliphatic carbocycles. The van der Waals surface area contributed by atoms with E-state index in [4.69, 9.17) is 0 Å². The summed E-state index contributed by atoms with van der Waals surface area (Å²) in [4.78, 5) is 9.05. The monoisotopic (exact) mass is 397 g/mol. The van der Waals surface area contributed by atoms with Gasteiger partial charge in [0.05, 0.1) is 5.69 Å². The van der Waals surface area contributed by atoms with E-state index in [0.29, 0.717) is 6.04 Å². The summed E-state index contributed by atoms with van der Waals surface area (Å²) in [5.41, 5.74) is 5.09. The second-order valence-electron chi connectivity index (χ2n) is 8.60. The van der Waals surface area contributed by atoms with E-state index in [2.05, 4.69) is 65.1 Å². The van der Waals surface area contributed by atoms with E-state index in [-0.39, 0.29) is 0 Å². The van der Waals surface area contributed by atoms with E-state index in [0.717, 1.165) is 56.3 Å². The minimum atomic E-state index is 0.579. The first-order valence-corrected chi connectivity index (χ1v) is 11.5. The highest BCUT2D eigenvalue weighted by molar-refractivity contribution is 5.82. The summed E-state index contributed by atoms with van der Waals surface area (Å²) >= 11 is 0. The summed E-state index contributed by atoms with van der Waals surface area (Å²) in [6, 6.07) is 0.579. The number of aromatic nitrogens is 3. The van der Waals surface area contributed by atoms with Gasteiger partial charge in [0.25, 0.3) is 0 Å². The van der Waals surface area contributed by atoms with Gasteiger partial charge in [0.2, 0.25) is 0 Å². The molecule has 2 aromatic heterocycles. The molecular formula is C24H39N5. The molecule has 0 aliphatic heterocycles. The van der Waals surface area contributed by atoms with Crippen molar-refractivity contribution in [1.29, 1.82) is 0 Å². The van der Waals surface area contributed by atoms with Gasteiger partial charge in [-0.2, -0.15) is 0 Å². The summed E-state index contributed by atoms with van der Waals surface area (Å²) < 4.78 is 2.44. The van der Waals surface area contributed by atoms with Crippen LogP contribution in [0.25, 0.3) is 11.0 Å². The maximum absolute atomic E-state index is 4.63. The lowest BCUT2D eigenvalue weighted by molar-refractivity contribution is 0.451. The van der Waals surface area contributed by atoms with Gasteiger partial charge in [0.1, 0.15) is 12.0 Å². The third-order valence-corrected chi connectivity index (χ3v) is 6.49. The molecule has 0 bridgehead atoms. The molecule has 0 unspecified atom stereocenters. The first kappa shape index (κ1) is 22.0. The van der Waals surface area contributed by atoms with Crippen LogP contribution in [0.15, 0.2) is 24.2 Å². The number of fused-ring (bicyclic) bond motifs is 1. The predicted molar refractivity (Wildman–Crippen MR) is 122 cm³/mol. The van der Waals surface area contributed by atoms with E-state index in [1.165, 1.54) is 42.2 Å². The minimum Gasteiger partial charge on any atom is -0.329 e. The first-order valence-electron chi connectivity index (χ1n) is 11.5. The Morgan fingerprint density at radius 3 is 2.83 bits per heavy atom. The fourth-order valence-corrected chi connectivity index (χ4v) is 4.56. The van der Waals surface area contributed by atoms with Crippen LogP contribution in [-0.4, -0.2) is 40.7 Å². The second kappa shape index (κ2) is 10.9. The van der Waals surface area contributed by atoms with Crippen molar-refractivity contribution in [1.82, 2.24) is 25.2 Å². The summed E-state index contributed by atoms with van der Waals surface area (Å²) in [6.45, 7) is 13.1. The molecule has 1 saturated carbocycles. The SMILES string of the molecule is C/C=C(\C)CCNCCCNC[C@@H]1CC[C@H](n2cc(CC)c3c(C)ncnc32)C1. The fourth-order valence-electron chi connectivity index (χ4n) is 4.56. The van der Waals surface area contributed by atoms with Crippen LogP contribution < -0.4 is 10.6 Å². The van der Waals surface area contributed by atoms with Crippen molar-refractivity contribution in [2.45, 2.75) is 72.3 Å². The van der Waals surface area contributed by atoms with Gasteiger partial charge < -0.3 is 15.2 Å². The summed E-state index contributed by atoms with van der Waals surface area (Å²) in [5.74, 6) is 0.774. The smallest absolute Gasteiger partial charge is 0.144 e. The number of nitrogens with zero attached hydrogens (tertiary/aromatic N) is 3. The van der Waals surface area contributed by atoms with E-state index in [9.17, 15) is 0 Å². The van der Waals surface area contributed by atoms with E-state index in [1.54, 1.807) is 6.33 Å². The average molecular weight is 398 g/mol. The molecule has 0 saturated heterocycles. The standard InChI is InChI=1S/C24H39N5/c1-5-18(3)10-13-25-11-7-12-26-15-20-8-9-22(14-20)29-16-21(6-2)23-19(4)27-17-28-24(23)29/h5,16-17,20,22,25-26H,6-15H2,1-4H3/b18-5+/t20-,22+/m1/s1. The molecule has 2 atom stereocenters. The normalized spacial score (nSPS) is 20.1. The quantitative estimate of drug-likeness (QED) is 0.431. The van der Waals surface area contributed by atoms with Crippen LogP contribution >= 0.6 is 0 Å². The van der Waals surface area contributed by atoms with Crippen molar-refractivity contribution in [3.8, 4) is 0 Å². The molecule has 5 nitrogen and oxygen atoms in total. The van der Waals surface area contributed by atoms with Gasteiger partial charge in [-0.15, -0.1) is 0 Å². The van der Waals surface area contributed by atoms with Crippen molar-refractivity contribution >= 4 is 11.0 Å². The third-order valence-electron chi connectivity index (χ3n) is 6.49. The highest BCUT2D eigenvalue weighted by Gasteiger charge is 2.27. The van der Waals surface area contributed by atoms with Gasteiger partial charge in [0, 0.05) is 17.6 Å². The molecule has 2 heterocycles. The Balaban J connectivity index is 1.41. The molecule has 0 amide bonds. The molecule has 1 fully saturated rings. The Hall–Kier alpha value is -1.72. The molecule has 0 radical (unpaired) electrons. The number of nitrogens with one attached hydrogen (secondary N) is 2. The van der Waals surface area contributed by atoms with Gasteiger partial charge in [-0.3, -0.25) is 0 Å². The van der Waals surface area contributed by atoms with Gasteiger partial charge in [-0.05, 0) is 97.0 Å². The summed E-state index contributed by atoms with van der Waals surface area (Å²) in [7, 11) is 0. The van der Waals surface area contributed by atoms with E-state index >= 15 is 0 Å². The van der Waals surface area contributed by atoms with Crippen molar-refractivity contribution < 1.29 is 0 Å². The zero-order chi connectivity index (χ0) is 20.6. The number of hydrogen-bond acceptors (Lipinski definition) is 4. The van der Waals surface area contributed by atoms with Gasteiger partial charge in [-0.25, -0.2) is 9.97 Å². The number of hydrogen-bond donors (Lipinski definition) is 2. The fraction of sp³-hybridized carbons (Fsp3) is 0.667. The zero-order valence-corrected chi connectivity index (χ0v) is 18.8. The predicted octanol–water partition coefficient (Wildman–Crippen LogP) is 4.57. The van der Waals surface area contributed by atoms with Crippen LogP contribution in [0.5, 0.6) is 0 Å². The van der Waals surface area contributed by atoms with Crippen molar-refractivity contribution in [2.75, 3.05) is 26.2 Å². The molecule has 1 aliphatic rings. The van der Waals surface area contributed by atoms with Crippen LogP contribution in [0.2, 0.25) is 0 Å². The lowest BCUT2D eigenvalue weighted by Crippen LogP contribution is -2.26. The number of rotatable bonds is 11.